The Bertz CT molecular complexity index is 981. The van der Waals surface area contributed by atoms with Crippen LogP contribution in [0.25, 0.3) is 0 Å². The molecular formula is C22H21F2NO3. The molecule has 0 saturated carbocycles. The Morgan fingerprint density at radius 1 is 1.14 bits per heavy atom. The lowest BCUT2D eigenvalue weighted by Crippen LogP contribution is -2.31. The third-order valence-electron chi connectivity index (χ3n) is 4.77. The molecule has 4 nitrogen and oxygen atoms in total. The predicted molar refractivity (Wildman–Crippen MR) is 102 cm³/mol. The van der Waals surface area contributed by atoms with Crippen LogP contribution in [0.2, 0.25) is 0 Å². The van der Waals surface area contributed by atoms with Crippen LogP contribution in [0.15, 0.2) is 53.8 Å². The molecule has 0 spiro atoms. The highest BCUT2D eigenvalue weighted by atomic mass is 19.2. The number of nitrogens with zero attached hydrogens (tertiary/aromatic N) is 1. The smallest absolute Gasteiger partial charge is 0.294 e. The first-order chi connectivity index (χ1) is 13.2. The zero-order valence-electron chi connectivity index (χ0n) is 15.9. The van der Waals surface area contributed by atoms with Gasteiger partial charge in [-0.05, 0) is 36.1 Å². The van der Waals surface area contributed by atoms with Gasteiger partial charge in [-0.3, -0.25) is 14.5 Å². The molecule has 0 aliphatic carbocycles. The van der Waals surface area contributed by atoms with Gasteiger partial charge in [-0.15, -0.1) is 0 Å². The summed E-state index contributed by atoms with van der Waals surface area (Å²) < 4.78 is 27.2. The maximum absolute atomic E-state index is 13.8. The molecule has 1 aliphatic heterocycles. The molecule has 2 aromatic rings. The fourth-order valence-corrected chi connectivity index (χ4v) is 3.46. The zero-order valence-corrected chi connectivity index (χ0v) is 15.9. The van der Waals surface area contributed by atoms with E-state index in [1.54, 1.807) is 12.1 Å². The van der Waals surface area contributed by atoms with Gasteiger partial charge in [-0.25, -0.2) is 8.78 Å². The first-order valence-electron chi connectivity index (χ1n) is 9.02. The summed E-state index contributed by atoms with van der Waals surface area (Å²) in [6.07, 6.45) is 0.153. The molecule has 1 heterocycles. The Labute approximate surface area is 162 Å². The van der Waals surface area contributed by atoms with Crippen LogP contribution in [0.3, 0.4) is 0 Å². The quantitative estimate of drug-likeness (QED) is 0.805. The number of aliphatic hydroxyl groups excluding tert-OH is 1. The number of aryl methyl sites for hydroxylation is 1. The van der Waals surface area contributed by atoms with E-state index in [2.05, 4.69) is 0 Å². The second kappa shape index (κ2) is 7.54. The van der Waals surface area contributed by atoms with Crippen molar-refractivity contribution in [1.82, 2.24) is 0 Å². The van der Waals surface area contributed by atoms with Crippen molar-refractivity contribution in [2.75, 3.05) is 4.90 Å². The lowest BCUT2D eigenvalue weighted by Gasteiger charge is -2.28. The summed E-state index contributed by atoms with van der Waals surface area (Å²) in [5.41, 5.74) is 1.49. The average molecular weight is 385 g/mol. The topological polar surface area (TPSA) is 57.6 Å². The SMILES string of the molecule is Cc1ccccc1C1C(C(=O)CC(C)C)=C(O)C(=O)N1c1ccc(F)c(F)c1. The minimum absolute atomic E-state index is 0.0160. The monoisotopic (exact) mass is 385 g/mol. The van der Waals surface area contributed by atoms with Crippen molar-refractivity contribution in [3.63, 3.8) is 0 Å². The number of rotatable bonds is 5. The van der Waals surface area contributed by atoms with Crippen molar-refractivity contribution < 1.29 is 23.5 Å². The van der Waals surface area contributed by atoms with Crippen molar-refractivity contribution in [2.45, 2.75) is 33.2 Å². The molecule has 1 unspecified atom stereocenters. The van der Waals surface area contributed by atoms with E-state index >= 15 is 0 Å². The third-order valence-corrected chi connectivity index (χ3v) is 4.77. The molecular weight excluding hydrogens is 364 g/mol. The first-order valence-corrected chi connectivity index (χ1v) is 9.02. The molecule has 1 amide bonds. The molecule has 146 valence electrons. The van der Waals surface area contributed by atoms with E-state index in [-0.39, 0.29) is 29.4 Å². The van der Waals surface area contributed by atoms with Crippen LogP contribution >= 0.6 is 0 Å². The van der Waals surface area contributed by atoms with E-state index in [0.717, 1.165) is 22.6 Å². The number of carbonyl (C=O) groups is 2. The van der Waals surface area contributed by atoms with Crippen LogP contribution in [-0.2, 0) is 9.59 Å². The standard InChI is InChI=1S/C22H21F2NO3/c1-12(2)10-18(26)19-20(15-7-5-4-6-13(15)3)25(22(28)21(19)27)14-8-9-16(23)17(24)11-14/h4-9,11-12,20,27H,10H2,1-3H3. The van der Waals surface area contributed by atoms with E-state index in [0.29, 0.717) is 5.56 Å². The molecule has 3 rings (SSSR count). The first kappa shape index (κ1) is 19.7. The molecule has 1 N–H and O–H groups in total. The van der Waals surface area contributed by atoms with Gasteiger partial charge in [0.25, 0.3) is 5.91 Å². The summed E-state index contributed by atoms with van der Waals surface area (Å²) in [5, 5.41) is 10.5. The van der Waals surface area contributed by atoms with Crippen LogP contribution in [0, 0.1) is 24.5 Å². The van der Waals surface area contributed by atoms with E-state index < -0.39 is 29.3 Å². The van der Waals surface area contributed by atoms with Gasteiger partial charge in [0.05, 0.1) is 11.6 Å². The van der Waals surface area contributed by atoms with E-state index in [9.17, 15) is 23.5 Å². The molecule has 0 radical (unpaired) electrons. The Kier molecular flexibility index (Phi) is 5.31. The van der Waals surface area contributed by atoms with Crippen molar-refractivity contribution in [1.29, 1.82) is 0 Å². The highest BCUT2D eigenvalue weighted by Crippen LogP contribution is 2.42. The second-order valence-electron chi connectivity index (χ2n) is 7.32. The van der Waals surface area contributed by atoms with Crippen LogP contribution < -0.4 is 4.90 Å². The van der Waals surface area contributed by atoms with Gasteiger partial charge < -0.3 is 5.11 Å². The highest BCUT2D eigenvalue weighted by molar-refractivity contribution is 6.16. The van der Waals surface area contributed by atoms with E-state index in [1.165, 1.54) is 6.07 Å². The second-order valence-corrected chi connectivity index (χ2v) is 7.32. The summed E-state index contributed by atoms with van der Waals surface area (Å²) in [6.45, 7) is 5.55. The Hall–Kier alpha value is -3.02. The summed E-state index contributed by atoms with van der Waals surface area (Å²) in [5.74, 6) is -3.95. The number of benzene rings is 2. The Morgan fingerprint density at radius 2 is 1.82 bits per heavy atom. The van der Waals surface area contributed by atoms with Crippen LogP contribution in [-0.4, -0.2) is 16.8 Å². The van der Waals surface area contributed by atoms with Gasteiger partial charge >= 0.3 is 0 Å². The number of anilines is 1. The normalized spacial score (nSPS) is 17.0. The van der Waals surface area contributed by atoms with Crippen molar-refractivity contribution >= 4 is 17.4 Å². The molecule has 6 heteroatoms. The fourth-order valence-electron chi connectivity index (χ4n) is 3.46. The number of ketones is 1. The van der Waals surface area contributed by atoms with Crippen LogP contribution in [0.1, 0.15) is 37.4 Å². The maximum atomic E-state index is 13.8. The number of Topliss-reactive ketones (excluding diaryl/α,β-unsaturated/α-hetero) is 1. The lowest BCUT2D eigenvalue weighted by atomic mass is 9.90. The molecule has 2 aromatic carbocycles. The van der Waals surface area contributed by atoms with Gasteiger partial charge in [-0.1, -0.05) is 38.1 Å². The van der Waals surface area contributed by atoms with Gasteiger partial charge in [-0.2, -0.15) is 0 Å². The fraction of sp³-hybridized carbons (Fsp3) is 0.273. The summed E-state index contributed by atoms with van der Waals surface area (Å²) in [6, 6.07) is 9.30. The largest absolute Gasteiger partial charge is 0.503 e. The minimum Gasteiger partial charge on any atom is -0.503 e. The summed E-state index contributed by atoms with van der Waals surface area (Å²) >= 11 is 0. The van der Waals surface area contributed by atoms with Crippen LogP contribution in [0.5, 0.6) is 0 Å². The molecule has 0 saturated heterocycles. The Morgan fingerprint density at radius 3 is 2.43 bits per heavy atom. The maximum Gasteiger partial charge on any atom is 0.294 e. The van der Waals surface area contributed by atoms with Crippen molar-refractivity contribution in [3.05, 3.63) is 76.6 Å². The molecule has 1 atom stereocenters. The molecule has 0 bridgehead atoms. The molecule has 1 aliphatic rings. The molecule has 0 fully saturated rings. The van der Waals surface area contributed by atoms with Gasteiger partial charge in [0.2, 0.25) is 0 Å². The number of aliphatic hydroxyl groups is 1. The highest BCUT2D eigenvalue weighted by Gasteiger charge is 2.44. The van der Waals surface area contributed by atoms with Crippen LogP contribution in [0.4, 0.5) is 14.5 Å². The van der Waals surface area contributed by atoms with Gasteiger partial charge in [0, 0.05) is 18.2 Å². The predicted octanol–water partition coefficient (Wildman–Crippen LogP) is 4.79. The van der Waals surface area contributed by atoms with E-state index in [4.69, 9.17) is 0 Å². The number of hydrogen-bond donors (Lipinski definition) is 1. The van der Waals surface area contributed by atoms with E-state index in [1.807, 2.05) is 32.9 Å². The minimum atomic E-state index is -1.12. The van der Waals surface area contributed by atoms with Crippen molar-refractivity contribution in [3.8, 4) is 0 Å². The molecule has 28 heavy (non-hydrogen) atoms. The van der Waals surface area contributed by atoms with Gasteiger partial charge in [0.1, 0.15) is 0 Å². The third kappa shape index (κ3) is 3.42. The summed E-state index contributed by atoms with van der Waals surface area (Å²) in [4.78, 5) is 26.9. The average Bonchev–Trinajstić information content (AvgIpc) is 2.89. The lowest BCUT2D eigenvalue weighted by molar-refractivity contribution is -0.118. The number of carbonyl (C=O) groups excluding carboxylic acids is 2. The number of halogens is 2. The number of amides is 1. The molecule has 0 aromatic heterocycles. The van der Waals surface area contributed by atoms with Gasteiger partial charge in [0.15, 0.2) is 23.2 Å². The Balaban J connectivity index is 2.19. The summed E-state index contributed by atoms with van der Waals surface area (Å²) in [7, 11) is 0. The van der Waals surface area contributed by atoms with Crippen molar-refractivity contribution in [2.24, 2.45) is 5.92 Å². The number of hydrogen-bond acceptors (Lipinski definition) is 3. The zero-order chi connectivity index (χ0) is 20.6.